The lowest BCUT2D eigenvalue weighted by Gasteiger charge is -2.23. The van der Waals surface area contributed by atoms with Crippen molar-refractivity contribution in [3.8, 4) is 11.8 Å². The van der Waals surface area contributed by atoms with Gasteiger partial charge in [0.15, 0.2) is 5.75 Å². The first-order valence-corrected chi connectivity index (χ1v) is 6.88. The molecule has 0 radical (unpaired) electrons. The van der Waals surface area contributed by atoms with E-state index in [1.165, 1.54) is 0 Å². The van der Waals surface area contributed by atoms with Gasteiger partial charge in [-0.25, -0.2) is 0 Å². The van der Waals surface area contributed by atoms with Gasteiger partial charge in [-0.1, -0.05) is 6.07 Å². The van der Waals surface area contributed by atoms with E-state index in [0.29, 0.717) is 36.6 Å². The maximum atomic E-state index is 12.7. The molecule has 20 heavy (non-hydrogen) atoms. The van der Waals surface area contributed by atoms with E-state index < -0.39 is 0 Å². The van der Waals surface area contributed by atoms with Crippen LogP contribution in [0.4, 0.5) is 5.69 Å². The Kier molecular flexibility index (Phi) is 4.46. The highest BCUT2D eigenvalue weighted by Gasteiger charge is 2.34. The molecule has 106 valence electrons. The van der Waals surface area contributed by atoms with Crippen molar-refractivity contribution in [1.82, 2.24) is 4.90 Å². The van der Waals surface area contributed by atoms with Crippen molar-refractivity contribution >= 4 is 11.6 Å². The van der Waals surface area contributed by atoms with Gasteiger partial charge in [0.1, 0.15) is 0 Å². The van der Waals surface area contributed by atoms with E-state index >= 15 is 0 Å². The number of nitrogen functional groups attached to an aromatic ring is 1. The van der Waals surface area contributed by atoms with Gasteiger partial charge in [-0.3, -0.25) is 4.79 Å². The van der Waals surface area contributed by atoms with Crippen LogP contribution in [0.15, 0.2) is 18.2 Å². The van der Waals surface area contributed by atoms with Gasteiger partial charge in [-0.05, 0) is 31.9 Å². The van der Waals surface area contributed by atoms with Crippen LogP contribution in [0.25, 0.3) is 0 Å². The summed E-state index contributed by atoms with van der Waals surface area (Å²) in [6.45, 7) is 2.77. The Labute approximate surface area is 118 Å². The lowest BCUT2D eigenvalue weighted by molar-refractivity contribution is 0.0743. The van der Waals surface area contributed by atoms with Crippen molar-refractivity contribution in [2.75, 3.05) is 18.9 Å². The average Bonchev–Trinajstić information content (AvgIpc) is 3.26. The molecule has 1 aromatic carbocycles. The number of rotatable bonds is 6. The molecular formula is C15H19N3O2. The molecule has 0 spiro atoms. The smallest absolute Gasteiger partial charge is 0.257 e. The van der Waals surface area contributed by atoms with E-state index in [2.05, 4.69) is 6.07 Å². The highest BCUT2D eigenvalue weighted by Crippen LogP contribution is 2.32. The van der Waals surface area contributed by atoms with Crippen molar-refractivity contribution in [3.63, 3.8) is 0 Å². The van der Waals surface area contributed by atoms with Crippen LogP contribution in [-0.2, 0) is 0 Å². The highest BCUT2D eigenvalue weighted by molar-refractivity contribution is 5.99. The van der Waals surface area contributed by atoms with Crippen molar-refractivity contribution in [3.05, 3.63) is 23.8 Å². The number of para-hydroxylation sites is 1. The van der Waals surface area contributed by atoms with Crippen LogP contribution in [0.5, 0.6) is 5.75 Å². The number of nitriles is 1. The molecule has 1 saturated carbocycles. The van der Waals surface area contributed by atoms with Crippen LogP contribution in [-0.4, -0.2) is 30.0 Å². The first kappa shape index (κ1) is 14.2. The predicted octanol–water partition coefficient (Wildman–Crippen LogP) is 2.19. The number of nitrogens with two attached hydrogens (primary N) is 1. The minimum absolute atomic E-state index is 0.0986. The fraction of sp³-hybridized carbons (Fsp3) is 0.467. The first-order valence-electron chi connectivity index (χ1n) is 6.88. The van der Waals surface area contributed by atoms with E-state index in [1.807, 2.05) is 6.92 Å². The number of carbonyl (C=O) groups excluding carboxylic acids is 1. The largest absolute Gasteiger partial charge is 0.491 e. The summed E-state index contributed by atoms with van der Waals surface area (Å²) < 4.78 is 5.51. The quantitative estimate of drug-likeness (QED) is 0.806. The molecule has 5 nitrogen and oxygen atoms in total. The molecule has 0 saturated heterocycles. The lowest BCUT2D eigenvalue weighted by atomic mass is 10.1. The zero-order valence-electron chi connectivity index (χ0n) is 11.6. The summed E-state index contributed by atoms with van der Waals surface area (Å²) in [5, 5.41) is 8.72. The fourth-order valence-corrected chi connectivity index (χ4v) is 2.19. The number of hydrogen-bond donors (Lipinski definition) is 1. The molecule has 1 aromatic rings. The number of ether oxygens (including phenoxy) is 1. The molecule has 0 heterocycles. The number of hydrogen-bond acceptors (Lipinski definition) is 4. The minimum atomic E-state index is -0.0986. The topological polar surface area (TPSA) is 79.3 Å². The Morgan fingerprint density at radius 1 is 1.55 bits per heavy atom. The van der Waals surface area contributed by atoms with Gasteiger partial charge < -0.3 is 15.4 Å². The third-order valence-corrected chi connectivity index (χ3v) is 3.28. The van der Waals surface area contributed by atoms with Crippen LogP contribution < -0.4 is 10.5 Å². The minimum Gasteiger partial charge on any atom is -0.491 e. The Hall–Kier alpha value is -2.22. The van der Waals surface area contributed by atoms with Crippen LogP contribution in [0.2, 0.25) is 0 Å². The van der Waals surface area contributed by atoms with Gasteiger partial charge >= 0.3 is 0 Å². The Bertz CT molecular complexity index is 532. The molecule has 5 heteroatoms. The van der Waals surface area contributed by atoms with Crippen molar-refractivity contribution < 1.29 is 9.53 Å². The van der Waals surface area contributed by atoms with E-state index in [1.54, 1.807) is 23.1 Å². The molecule has 0 bridgehead atoms. The summed E-state index contributed by atoms with van der Waals surface area (Å²) in [5.74, 6) is 0.348. The predicted molar refractivity (Wildman–Crippen MR) is 76.3 cm³/mol. The maximum Gasteiger partial charge on any atom is 0.257 e. The highest BCUT2D eigenvalue weighted by atomic mass is 16.5. The molecule has 1 aliphatic rings. The normalized spacial score (nSPS) is 13.6. The zero-order valence-corrected chi connectivity index (χ0v) is 11.6. The van der Waals surface area contributed by atoms with Gasteiger partial charge in [-0.15, -0.1) is 0 Å². The molecule has 2 rings (SSSR count). The number of nitrogens with zero attached hydrogens (tertiary/aromatic N) is 2. The van der Waals surface area contributed by atoms with Crippen molar-refractivity contribution in [1.29, 1.82) is 5.26 Å². The standard InChI is InChI=1S/C15H19N3O2/c1-2-20-14-12(5-3-6-13(14)17)15(19)18(10-4-9-16)11-7-8-11/h3,5-6,11H,2,4,7-8,10,17H2,1H3. The summed E-state index contributed by atoms with van der Waals surface area (Å²) in [4.78, 5) is 14.4. The van der Waals surface area contributed by atoms with Gasteiger partial charge in [0.05, 0.1) is 30.3 Å². The number of amides is 1. The fourth-order valence-electron chi connectivity index (χ4n) is 2.19. The van der Waals surface area contributed by atoms with Crippen molar-refractivity contribution in [2.24, 2.45) is 0 Å². The summed E-state index contributed by atoms with van der Waals surface area (Å²) in [6, 6.07) is 7.54. The summed E-state index contributed by atoms with van der Waals surface area (Å²) in [5.41, 5.74) is 6.84. The van der Waals surface area contributed by atoms with Gasteiger partial charge in [0.25, 0.3) is 5.91 Å². The number of anilines is 1. The summed E-state index contributed by atoms with van der Waals surface area (Å²) in [7, 11) is 0. The third-order valence-electron chi connectivity index (χ3n) is 3.28. The molecule has 0 aromatic heterocycles. The van der Waals surface area contributed by atoms with E-state index in [0.717, 1.165) is 12.8 Å². The Balaban J connectivity index is 2.26. The molecule has 1 aliphatic carbocycles. The third kappa shape index (κ3) is 3.02. The molecule has 2 N–H and O–H groups in total. The summed E-state index contributed by atoms with van der Waals surface area (Å²) >= 11 is 0. The maximum absolute atomic E-state index is 12.7. The Morgan fingerprint density at radius 2 is 2.30 bits per heavy atom. The monoisotopic (exact) mass is 273 g/mol. The van der Waals surface area contributed by atoms with Crippen LogP contribution in [0.1, 0.15) is 36.5 Å². The average molecular weight is 273 g/mol. The molecule has 0 atom stereocenters. The van der Waals surface area contributed by atoms with Gasteiger partial charge in [-0.2, -0.15) is 5.26 Å². The van der Waals surface area contributed by atoms with Crippen molar-refractivity contribution in [2.45, 2.75) is 32.2 Å². The SMILES string of the molecule is CCOc1c(N)cccc1C(=O)N(CCC#N)C1CC1. The summed E-state index contributed by atoms with van der Waals surface area (Å²) in [6.07, 6.45) is 2.35. The molecule has 0 aliphatic heterocycles. The molecule has 0 unspecified atom stereocenters. The number of benzene rings is 1. The molecule has 1 fully saturated rings. The molecule has 1 amide bonds. The van der Waals surface area contributed by atoms with E-state index in [-0.39, 0.29) is 11.9 Å². The number of carbonyl (C=O) groups is 1. The first-order chi connectivity index (χ1) is 9.69. The van der Waals surface area contributed by atoms with E-state index in [9.17, 15) is 4.79 Å². The zero-order chi connectivity index (χ0) is 14.5. The Morgan fingerprint density at radius 3 is 2.90 bits per heavy atom. The second-order valence-electron chi connectivity index (χ2n) is 4.79. The second kappa shape index (κ2) is 6.29. The van der Waals surface area contributed by atoms with Gasteiger partial charge in [0.2, 0.25) is 0 Å². The second-order valence-corrected chi connectivity index (χ2v) is 4.79. The van der Waals surface area contributed by atoms with E-state index in [4.69, 9.17) is 15.7 Å². The van der Waals surface area contributed by atoms with Crippen LogP contribution in [0, 0.1) is 11.3 Å². The lowest BCUT2D eigenvalue weighted by Crippen LogP contribution is -2.34. The van der Waals surface area contributed by atoms with Crippen LogP contribution >= 0.6 is 0 Å². The molecular weight excluding hydrogens is 254 g/mol. The van der Waals surface area contributed by atoms with Crippen LogP contribution in [0.3, 0.4) is 0 Å². The van der Waals surface area contributed by atoms with Gasteiger partial charge in [0, 0.05) is 12.6 Å².